The third kappa shape index (κ3) is 2.10. The van der Waals surface area contributed by atoms with Gasteiger partial charge < -0.3 is 18.9 Å². The van der Waals surface area contributed by atoms with Crippen molar-refractivity contribution < 1.29 is 14.0 Å². The number of hydrogen-bond acceptors (Lipinski definition) is 4. The van der Waals surface area contributed by atoms with Gasteiger partial charge in [0, 0.05) is 18.8 Å². The molecule has 3 aliphatic rings. The van der Waals surface area contributed by atoms with E-state index in [0.717, 1.165) is 31.8 Å². The maximum absolute atomic E-state index is 6.15. The van der Waals surface area contributed by atoms with Crippen molar-refractivity contribution in [3.8, 4) is 0 Å². The number of hydrogen-bond donors (Lipinski definition) is 0. The van der Waals surface area contributed by atoms with Gasteiger partial charge in [-0.05, 0) is 45.3 Å². The number of rotatable bonds is 2. The SMILES string of the molecule is CC1(C)OB(c2cccc(N3CC4(COC4)C3)c2)OC1(C)C. The van der Waals surface area contributed by atoms with Crippen molar-refractivity contribution in [3.05, 3.63) is 24.3 Å². The average Bonchev–Trinajstić information content (AvgIpc) is 2.55. The molecule has 22 heavy (non-hydrogen) atoms. The van der Waals surface area contributed by atoms with Crippen LogP contribution in [0.3, 0.4) is 0 Å². The highest BCUT2D eigenvalue weighted by Crippen LogP contribution is 2.40. The van der Waals surface area contributed by atoms with Crippen molar-refractivity contribution in [2.45, 2.75) is 38.9 Å². The summed E-state index contributed by atoms with van der Waals surface area (Å²) in [7, 11) is -0.285. The summed E-state index contributed by atoms with van der Waals surface area (Å²) >= 11 is 0. The van der Waals surface area contributed by atoms with E-state index in [4.69, 9.17) is 14.0 Å². The van der Waals surface area contributed by atoms with Crippen LogP contribution in [0.5, 0.6) is 0 Å². The molecular formula is C17H24BNO3. The molecule has 4 rings (SSSR count). The second kappa shape index (κ2) is 4.50. The minimum Gasteiger partial charge on any atom is -0.399 e. The molecule has 4 nitrogen and oxygen atoms in total. The van der Waals surface area contributed by atoms with Crippen LogP contribution in [0.4, 0.5) is 5.69 Å². The summed E-state index contributed by atoms with van der Waals surface area (Å²) in [5, 5.41) is 0. The first-order valence-electron chi connectivity index (χ1n) is 8.09. The quantitative estimate of drug-likeness (QED) is 0.780. The predicted octanol–water partition coefficient (Wildman–Crippen LogP) is 1.82. The van der Waals surface area contributed by atoms with Crippen molar-refractivity contribution in [1.82, 2.24) is 0 Å². The molecule has 3 heterocycles. The summed E-state index contributed by atoms with van der Waals surface area (Å²) in [6.45, 7) is 12.4. The van der Waals surface area contributed by atoms with Crippen LogP contribution in [-0.2, 0) is 14.0 Å². The van der Waals surface area contributed by atoms with Crippen molar-refractivity contribution in [3.63, 3.8) is 0 Å². The number of anilines is 1. The summed E-state index contributed by atoms with van der Waals surface area (Å²) in [5.41, 5.74) is 2.20. The monoisotopic (exact) mass is 301 g/mol. The Balaban J connectivity index is 1.51. The Labute approximate surface area is 132 Å². The fraction of sp³-hybridized carbons (Fsp3) is 0.647. The van der Waals surface area contributed by atoms with Crippen LogP contribution < -0.4 is 10.4 Å². The van der Waals surface area contributed by atoms with Gasteiger partial charge in [0.1, 0.15) is 0 Å². The van der Waals surface area contributed by atoms with Gasteiger partial charge in [-0.3, -0.25) is 0 Å². The van der Waals surface area contributed by atoms with Crippen LogP contribution in [-0.4, -0.2) is 44.6 Å². The minimum atomic E-state index is -0.294. The Hall–Kier alpha value is -1.04. The van der Waals surface area contributed by atoms with Gasteiger partial charge in [0.25, 0.3) is 0 Å². The van der Waals surface area contributed by atoms with E-state index in [2.05, 4.69) is 56.9 Å². The van der Waals surface area contributed by atoms with Crippen LogP contribution >= 0.6 is 0 Å². The van der Waals surface area contributed by atoms with Gasteiger partial charge in [0.05, 0.1) is 29.8 Å². The lowest BCUT2D eigenvalue weighted by molar-refractivity contribution is -0.127. The molecule has 0 unspecified atom stereocenters. The van der Waals surface area contributed by atoms with E-state index < -0.39 is 0 Å². The zero-order valence-corrected chi connectivity index (χ0v) is 13.9. The van der Waals surface area contributed by atoms with Gasteiger partial charge in [0.2, 0.25) is 0 Å². The molecule has 0 N–H and O–H groups in total. The topological polar surface area (TPSA) is 30.9 Å². The Morgan fingerprint density at radius 2 is 1.64 bits per heavy atom. The maximum Gasteiger partial charge on any atom is 0.494 e. The van der Waals surface area contributed by atoms with Crippen LogP contribution in [0.1, 0.15) is 27.7 Å². The highest BCUT2D eigenvalue weighted by molar-refractivity contribution is 6.62. The van der Waals surface area contributed by atoms with Gasteiger partial charge in [0.15, 0.2) is 0 Å². The van der Waals surface area contributed by atoms with Crippen molar-refractivity contribution in [1.29, 1.82) is 0 Å². The molecule has 0 aromatic heterocycles. The smallest absolute Gasteiger partial charge is 0.399 e. The molecule has 5 heteroatoms. The lowest BCUT2D eigenvalue weighted by atomic mass is 9.76. The van der Waals surface area contributed by atoms with Gasteiger partial charge in [-0.2, -0.15) is 0 Å². The molecule has 1 aromatic rings. The first-order chi connectivity index (χ1) is 10.3. The molecular weight excluding hydrogens is 277 g/mol. The summed E-state index contributed by atoms with van der Waals surface area (Å²) in [5.74, 6) is 0. The Kier molecular flexibility index (Phi) is 2.97. The van der Waals surface area contributed by atoms with E-state index in [1.165, 1.54) is 5.69 Å². The zero-order chi connectivity index (χ0) is 15.6. The minimum absolute atomic E-state index is 0.285. The highest BCUT2D eigenvalue weighted by Gasteiger charge is 2.52. The Bertz CT molecular complexity index is 573. The third-order valence-electron chi connectivity index (χ3n) is 5.63. The second-order valence-electron chi connectivity index (χ2n) is 8.03. The molecule has 3 aliphatic heterocycles. The average molecular weight is 301 g/mol. The van der Waals surface area contributed by atoms with E-state index in [0.29, 0.717) is 5.41 Å². The highest BCUT2D eigenvalue weighted by atomic mass is 16.7. The molecule has 0 aliphatic carbocycles. The zero-order valence-electron chi connectivity index (χ0n) is 13.9. The molecule has 0 saturated carbocycles. The molecule has 1 aromatic carbocycles. The van der Waals surface area contributed by atoms with E-state index >= 15 is 0 Å². The van der Waals surface area contributed by atoms with Gasteiger partial charge in [-0.15, -0.1) is 0 Å². The number of nitrogens with zero attached hydrogens (tertiary/aromatic N) is 1. The summed E-state index contributed by atoms with van der Waals surface area (Å²) in [6, 6.07) is 8.56. The van der Waals surface area contributed by atoms with E-state index in [9.17, 15) is 0 Å². The van der Waals surface area contributed by atoms with Crippen LogP contribution in [0.2, 0.25) is 0 Å². The summed E-state index contributed by atoms with van der Waals surface area (Å²) < 4.78 is 17.6. The Morgan fingerprint density at radius 1 is 1.00 bits per heavy atom. The van der Waals surface area contributed by atoms with Crippen molar-refractivity contribution in [2.24, 2.45) is 5.41 Å². The third-order valence-corrected chi connectivity index (χ3v) is 5.63. The fourth-order valence-corrected chi connectivity index (χ4v) is 3.37. The van der Waals surface area contributed by atoms with Crippen LogP contribution in [0.25, 0.3) is 0 Å². The molecule has 0 bridgehead atoms. The molecule has 0 amide bonds. The van der Waals surface area contributed by atoms with Gasteiger partial charge in [-0.1, -0.05) is 12.1 Å². The predicted molar refractivity (Wildman–Crippen MR) is 87.6 cm³/mol. The lowest BCUT2D eigenvalue weighted by Gasteiger charge is -2.56. The van der Waals surface area contributed by atoms with E-state index in [1.54, 1.807) is 0 Å². The number of ether oxygens (including phenoxy) is 1. The fourth-order valence-electron chi connectivity index (χ4n) is 3.37. The van der Waals surface area contributed by atoms with Crippen molar-refractivity contribution >= 4 is 18.3 Å². The second-order valence-corrected chi connectivity index (χ2v) is 8.03. The Morgan fingerprint density at radius 3 is 2.18 bits per heavy atom. The molecule has 0 radical (unpaired) electrons. The molecule has 3 fully saturated rings. The first kappa shape index (κ1) is 14.6. The van der Waals surface area contributed by atoms with E-state index in [-0.39, 0.29) is 18.3 Å². The maximum atomic E-state index is 6.15. The van der Waals surface area contributed by atoms with Crippen molar-refractivity contribution in [2.75, 3.05) is 31.2 Å². The normalized spacial score (nSPS) is 27.6. The van der Waals surface area contributed by atoms with Gasteiger partial charge >= 0.3 is 7.12 Å². The molecule has 118 valence electrons. The number of benzene rings is 1. The molecule has 0 atom stereocenters. The first-order valence-corrected chi connectivity index (χ1v) is 8.09. The summed E-state index contributed by atoms with van der Waals surface area (Å²) in [6.07, 6.45) is 0. The van der Waals surface area contributed by atoms with Crippen LogP contribution in [0.15, 0.2) is 24.3 Å². The lowest BCUT2D eigenvalue weighted by Crippen LogP contribution is -2.66. The molecule has 1 spiro atoms. The molecule has 3 saturated heterocycles. The van der Waals surface area contributed by atoms with Gasteiger partial charge in [-0.25, -0.2) is 0 Å². The van der Waals surface area contributed by atoms with E-state index in [1.807, 2.05) is 0 Å². The largest absolute Gasteiger partial charge is 0.494 e. The summed E-state index contributed by atoms with van der Waals surface area (Å²) in [4.78, 5) is 2.41. The standard InChI is InChI=1S/C17H24BNO3/c1-15(2)16(3,4)22-18(21-15)13-6-5-7-14(8-13)19-9-17(10-19)11-20-12-17/h5-8H,9-12H2,1-4H3. The van der Waals surface area contributed by atoms with Crippen LogP contribution in [0, 0.1) is 5.41 Å².